The van der Waals surface area contributed by atoms with Gasteiger partial charge in [0.25, 0.3) is 0 Å². The lowest BCUT2D eigenvalue weighted by Crippen LogP contribution is -2.24. The number of methoxy groups -OCH3 is 1. The molecule has 37 heavy (non-hydrogen) atoms. The number of phenols is 2. The molecule has 9 nitrogen and oxygen atoms in total. The van der Waals surface area contributed by atoms with E-state index in [-0.39, 0.29) is 46.1 Å². The van der Waals surface area contributed by atoms with Crippen molar-refractivity contribution in [2.45, 2.75) is 53.1 Å². The maximum atomic E-state index is 13.1. The van der Waals surface area contributed by atoms with Crippen LogP contribution in [0.4, 0.5) is 0 Å². The molecule has 0 heterocycles. The van der Waals surface area contributed by atoms with Crippen molar-refractivity contribution in [3.63, 3.8) is 0 Å². The summed E-state index contributed by atoms with van der Waals surface area (Å²) in [6.07, 6.45) is 2.84. The predicted octanol–water partition coefficient (Wildman–Crippen LogP) is 3.22. The molecule has 0 aliphatic heterocycles. The number of fused-ring (bicyclic) bond motifs is 3. The number of carbonyl (C=O) groups is 3. The molecular weight excluding hydrogens is 480 g/mol. The van der Waals surface area contributed by atoms with Crippen molar-refractivity contribution in [1.29, 1.82) is 0 Å². The number of ketones is 2. The highest BCUT2D eigenvalue weighted by molar-refractivity contribution is 6.31. The summed E-state index contributed by atoms with van der Waals surface area (Å²) in [5.74, 6) is -0.663. The molecule has 2 aliphatic carbocycles. The van der Waals surface area contributed by atoms with Gasteiger partial charge in [0.1, 0.15) is 23.5 Å². The fourth-order valence-corrected chi connectivity index (χ4v) is 4.31. The Kier molecular flexibility index (Phi) is 13.0. The van der Waals surface area contributed by atoms with Crippen LogP contribution in [0.25, 0.3) is 0 Å². The number of hydrogen-bond acceptors (Lipinski definition) is 9. The van der Waals surface area contributed by atoms with Gasteiger partial charge < -0.3 is 34.7 Å². The van der Waals surface area contributed by atoms with E-state index in [1.807, 2.05) is 20.8 Å². The standard InChI is InChI=1S/C20H18O5.C5H12O.C2H4O2.CH4O/c1-9-6-7-10-12(8-9)19(23)15-16(17(10)21)20(24)14-11(18(15)22)4-3-5-13(14)25-2;1-4-6-5(2)3;3-1-2-4;1-2/h3-5,9,21,23H,6-8H2,1-2H3;5H,4H2,1-3H3;1,4H,2H2;2H,1H3. The number of benzene rings is 2. The minimum Gasteiger partial charge on any atom is -0.507 e. The largest absolute Gasteiger partial charge is 0.507 e. The number of rotatable bonds is 4. The number of aldehydes is 1. The van der Waals surface area contributed by atoms with Gasteiger partial charge in [-0.25, -0.2) is 0 Å². The lowest BCUT2D eigenvalue weighted by molar-refractivity contribution is -0.110. The van der Waals surface area contributed by atoms with Crippen LogP contribution in [0, 0.1) is 5.92 Å². The van der Waals surface area contributed by atoms with Crippen LogP contribution in [0.3, 0.4) is 0 Å². The number of hydrogen-bond donors (Lipinski definition) is 4. The van der Waals surface area contributed by atoms with E-state index in [2.05, 4.69) is 6.92 Å². The van der Waals surface area contributed by atoms with Crippen LogP contribution < -0.4 is 4.74 Å². The van der Waals surface area contributed by atoms with Gasteiger partial charge in [-0.3, -0.25) is 9.59 Å². The van der Waals surface area contributed by atoms with Gasteiger partial charge in [0, 0.05) is 30.4 Å². The summed E-state index contributed by atoms with van der Waals surface area (Å²) in [6.45, 7) is 8.59. The van der Waals surface area contributed by atoms with Gasteiger partial charge in [-0.1, -0.05) is 19.1 Å². The van der Waals surface area contributed by atoms with Crippen LogP contribution in [0.15, 0.2) is 18.2 Å². The Morgan fingerprint density at radius 3 is 2.08 bits per heavy atom. The molecule has 0 saturated heterocycles. The van der Waals surface area contributed by atoms with Gasteiger partial charge in [0.15, 0.2) is 5.78 Å². The van der Waals surface area contributed by atoms with Crippen LogP contribution in [0.5, 0.6) is 17.2 Å². The number of aliphatic hydroxyl groups excluding tert-OH is 2. The van der Waals surface area contributed by atoms with Crippen molar-refractivity contribution >= 4 is 17.9 Å². The Hall–Kier alpha value is -3.27. The number of carbonyl (C=O) groups excluding carboxylic acids is 3. The number of aromatic hydroxyl groups is 2. The molecule has 0 radical (unpaired) electrons. The summed E-state index contributed by atoms with van der Waals surface area (Å²) >= 11 is 0. The van der Waals surface area contributed by atoms with E-state index < -0.39 is 11.6 Å². The molecule has 1 unspecified atom stereocenters. The van der Waals surface area contributed by atoms with Gasteiger partial charge in [-0.2, -0.15) is 0 Å². The van der Waals surface area contributed by atoms with Gasteiger partial charge in [-0.15, -0.1) is 0 Å². The zero-order valence-electron chi connectivity index (χ0n) is 22.3. The SMILES string of the molecule is CCOC(C)C.CO.COc1cccc2c1C(=O)c1c(O)c3c(c(O)c1C2=O)CC(C)CC3.O=CCO. The van der Waals surface area contributed by atoms with E-state index in [1.165, 1.54) is 7.11 Å². The third kappa shape index (κ3) is 7.15. The molecule has 0 aromatic heterocycles. The third-order valence-electron chi connectivity index (χ3n) is 5.85. The first-order valence-electron chi connectivity index (χ1n) is 12.1. The van der Waals surface area contributed by atoms with E-state index in [1.54, 1.807) is 18.2 Å². The van der Waals surface area contributed by atoms with Crippen molar-refractivity contribution in [2.24, 2.45) is 5.92 Å². The summed E-state index contributed by atoms with van der Waals surface area (Å²) in [6, 6.07) is 4.77. The van der Waals surface area contributed by atoms with Gasteiger partial charge >= 0.3 is 0 Å². The highest BCUT2D eigenvalue weighted by Gasteiger charge is 2.40. The molecule has 0 amide bonds. The molecule has 0 fully saturated rings. The minimum absolute atomic E-state index is 0.0869. The van der Waals surface area contributed by atoms with Crippen LogP contribution in [0.1, 0.15) is 77.1 Å². The van der Waals surface area contributed by atoms with Crippen LogP contribution in [0.2, 0.25) is 0 Å². The van der Waals surface area contributed by atoms with E-state index >= 15 is 0 Å². The Balaban J connectivity index is 0.000000484. The molecule has 2 aliphatic rings. The van der Waals surface area contributed by atoms with E-state index in [9.17, 15) is 19.8 Å². The smallest absolute Gasteiger partial charge is 0.202 e. The first kappa shape index (κ1) is 31.8. The highest BCUT2D eigenvalue weighted by Crippen LogP contribution is 2.47. The molecule has 0 bridgehead atoms. The van der Waals surface area contributed by atoms with Gasteiger partial charge in [-0.05, 0) is 52.0 Å². The molecule has 204 valence electrons. The molecule has 2 aromatic carbocycles. The molecule has 0 saturated carbocycles. The molecule has 2 aromatic rings. The van der Waals surface area contributed by atoms with Crippen LogP contribution in [-0.4, -0.2) is 71.8 Å². The van der Waals surface area contributed by atoms with E-state index in [0.29, 0.717) is 42.3 Å². The average molecular weight is 519 g/mol. The fourth-order valence-electron chi connectivity index (χ4n) is 4.31. The molecule has 9 heteroatoms. The molecule has 4 rings (SSSR count). The second-order valence-corrected chi connectivity index (χ2v) is 8.65. The third-order valence-corrected chi connectivity index (χ3v) is 5.85. The predicted molar refractivity (Wildman–Crippen MR) is 139 cm³/mol. The number of phenolic OH excluding ortho intramolecular Hbond substituents is 2. The Morgan fingerprint density at radius 1 is 1.03 bits per heavy atom. The summed E-state index contributed by atoms with van der Waals surface area (Å²) in [5.41, 5.74) is 1.30. The average Bonchev–Trinajstić information content (AvgIpc) is 2.90. The van der Waals surface area contributed by atoms with Gasteiger partial charge in [0.2, 0.25) is 5.78 Å². The van der Waals surface area contributed by atoms with Crippen LogP contribution in [-0.2, 0) is 22.4 Å². The van der Waals surface area contributed by atoms with Crippen molar-refractivity contribution in [2.75, 3.05) is 27.4 Å². The molecule has 0 spiro atoms. The summed E-state index contributed by atoms with van der Waals surface area (Å²) in [7, 11) is 2.43. The zero-order chi connectivity index (χ0) is 28.3. The van der Waals surface area contributed by atoms with Gasteiger partial charge in [0.05, 0.1) is 36.5 Å². The van der Waals surface area contributed by atoms with Crippen molar-refractivity contribution in [3.05, 3.63) is 51.6 Å². The van der Waals surface area contributed by atoms with Crippen molar-refractivity contribution in [3.8, 4) is 17.2 Å². The molecular formula is C28H38O9. The van der Waals surface area contributed by atoms with E-state index in [0.717, 1.165) is 20.1 Å². The Morgan fingerprint density at radius 2 is 1.59 bits per heavy atom. The maximum Gasteiger partial charge on any atom is 0.202 e. The first-order chi connectivity index (χ1) is 17.6. The van der Waals surface area contributed by atoms with Crippen molar-refractivity contribution < 1.29 is 44.3 Å². The Bertz CT molecular complexity index is 1090. The molecule has 4 N–H and O–H groups in total. The summed E-state index contributed by atoms with van der Waals surface area (Å²) < 4.78 is 10.3. The summed E-state index contributed by atoms with van der Waals surface area (Å²) in [5, 5.41) is 36.0. The van der Waals surface area contributed by atoms with Crippen molar-refractivity contribution in [1.82, 2.24) is 0 Å². The lowest BCUT2D eigenvalue weighted by Gasteiger charge is -2.28. The second-order valence-electron chi connectivity index (χ2n) is 8.65. The summed E-state index contributed by atoms with van der Waals surface area (Å²) in [4.78, 5) is 35.0. The Labute approximate surface area is 217 Å². The normalized spacial score (nSPS) is 14.9. The quantitative estimate of drug-likeness (QED) is 0.301. The first-order valence-corrected chi connectivity index (χ1v) is 12.1. The topological polar surface area (TPSA) is 151 Å². The molecule has 1 atom stereocenters. The minimum atomic E-state index is -0.490. The number of aliphatic hydroxyl groups is 2. The zero-order valence-corrected chi connectivity index (χ0v) is 22.3. The van der Waals surface area contributed by atoms with Crippen LogP contribution >= 0.6 is 0 Å². The monoisotopic (exact) mass is 518 g/mol. The lowest BCUT2D eigenvalue weighted by atomic mass is 9.76. The maximum absolute atomic E-state index is 13.1. The fraction of sp³-hybridized carbons (Fsp3) is 0.464. The number of ether oxygens (including phenoxy) is 2. The van der Waals surface area contributed by atoms with E-state index in [4.69, 9.17) is 24.5 Å². The highest BCUT2D eigenvalue weighted by atomic mass is 16.5. The second kappa shape index (κ2) is 15.1.